The zero-order chi connectivity index (χ0) is 52.2. The third-order valence-electron chi connectivity index (χ3n) is 12.7. The minimum absolute atomic E-state index is 0.0268. The number of aliphatic hydroxyl groups is 1. The van der Waals surface area contributed by atoms with E-state index in [1.165, 1.54) is 23.9 Å². The Morgan fingerprint density at radius 1 is 0.889 bits per heavy atom. The third-order valence-corrected chi connectivity index (χ3v) is 17.3. The summed E-state index contributed by atoms with van der Waals surface area (Å²) in [7, 11) is -9.18. The molecule has 4 aromatic carbocycles. The van der Waals surface area contributed by atoms with Crippen LogP contribution in [0.3, 0.4) is 0 Å². The SMILES string of the molecule is CC(C)C(=O)CCC(=O)OCCN(C)CCC(CSc1ccccc1)NC1C=CC(S(=O)(=O)NC(=O)c2ccc(N3CCC([C@@H](O)c4ccccc4-c4ccc(Cl)cc4)CC3)cc2)=CC1S(=O)(=O)C(F)(F)F. The average Bonchev–Trinajstić information content (AvgIpc) is 3.36. The summed E-state index contributed by atoms with van der Waals surface area (Å²) in [5.74, 6) is -1.60. The second-order valence-corrected chi connectivity index (χ2v) is 23.5. The number of thioether (sulfide) groups is 1. The number of sulfonamides is 1. The quantitative estimate of drug-likeness (QED) is 0.0475. The van der Waals surface area contributed by atoms with Crippen molar-refractivity contribution in [2.24, 2.45) is 11.8 Å². The molecular formula is C52H60ClF3N4O9S3. The molecule has 72 heavy (non-hydrogen) atoms. The number of amides is 1. The maximum absolute atomic E-state index is 14.3. The first-order valence-corrected chi connectivity index (χ1v) is 28.0. The Kier molecular flexibility index (Phi) is 19.8. The number of esters is 1. The van der Waals surface area contributed by atoms with E-state index in [2.05, 4.69) is 10.2 Å². The van der Waals surface area contributed by atoms with Crippen LogP contribution in [0.4, 0.5) is 18.9 Å². The number of sulfone groups is 1. The fourth-order valence-electron chi connectivity index (χ4n) is 8.42. The van der Waals surface area contributed by atoms with E-state index in [9.17, 15) is 49.5 Å². The summed E-state index contributed by atoms with van der Waals surface area (Å²) in [5, 5.41) is 12.8. The van der Waals surface area contributed by atoms with Gasteiger partial charge in [0.1, 0.15) is 17.6 Å². The van der Waals surface area contributed by atoms with Crippen LogP contribution in [0, 0.1) is 11.8 Å². The number of alkyl halides is 3. The molecule has 0 spiro atoms. The first kappa shape index (κ1) is 56.3. The van der Waals surface area contributed by atoms with Gasteiger partial charge in [0.05, 0.1) is 17.4 Å². The molecule has 20 heteroatoms. The average molecular weight is 1070 g/mol. The van der Waals surface area contributed by atoms with E-state index in [4.69, 9.17) is 16.3 Å². The van der Waals surface area contributed by atoms with Crippen LogP contribution in [-0.2, 0) is 34.2 Å². The molecule has 1 aliphatic carbocycles. The Labute approximate surface area is 429 Å². The van der Waals surface area contributed by atoms with Crippen molar-refractivity contribution >= 4 is 66.6 Å². The maximum Gasteiger partial charge on any atom is 0.498 e. The smallest absolute Gasteiger partial charge is 0.464 e. The molecular weight excluding hydrogens is 1010 g/mol. The lowest BCUT2D eigenvalue weighted by molar-refractivity contribution is -0.145. The number of nitrogens with zero attached hydrogens (tertiary/aromatic N) is 2. The Morgan fingerprint density at radius 2 is 1.54 bits per heavy atom. The molecule has 0 saturated carbocycles. The summed E-state index contributed by atoms with van der Waals surface area (Å²) in [4.78, 5) is 41.4. The number of allylic oxidation sites excluding steroid dienone is 1. The molecule has 1 heterocycles. The summed E-state index contributed by atoms with van der Waals surface area (Å²) in [6, 6.07) is 28.3. The maximum atomic E-state index is 14.3. The van der Waals surface area contributed by atoms with Crippen LogP contribution in [0.2, 0.25) is 5.02 Å². The van der Waals surface area contributed by atoms with Crippen LogP contribution in [-0.4, -0.2) is 113 Å². The monoisotopic (exact) mass is 1070 g/mol. The number of hydrogen-bond donors (Lipinski definition) is 3. The van der Waals surface area contributed by atoms with Gasteiger partial charge in [-0.25, -0.2) is 21.6 Å². The van der Waals surface area contributed by atoms with Crippen molar-refractivity contribution < 1.29 is 54.2 Å². The standard InChI is InChI=1S/C52H60ClF3N4O9S3/c1-35(2)47(61)23-24-49(62)69-32-31-59(3)28-27-40(34-70-42-9-5-4-6-10-42)57-46-22-21-43(33-48(46)71(65,66)52(54,55)56)72(67,68)58-51(64)38-15-19-41(20-16-38)60-29-25-37(26-30-60)50(63)45-12-8-7-11-44(45)36-13-17-39(53)18-14-36/h4-22,33,35,37,40,46,48,50,57,63H,23-32,34H2,1-3H3,(H,58,64)/t40?,46?,48?,50-/m1/s1. The molecule has 3 N–H and O–H groups in total. The molecule has 6 rings (SSSR count). The minimum atomic E-state index is -6.03. The Balaban J connectivity index is 1.08. The van der Waals surface area contributed by atoms with Gasteiger partial charge in [0.2, 0.25) is 0 Å². The van der Waals surface area contributed by atoms with Gasteiger partial charge in [-0.2, -0.15) is 13.2 Å². The fourth-order valence-corrected chi connectivity index (χ4v) is 11.9. The van der Waals surface area contributed by atoms with Gasteiger partial charge in [-0.1, -0.05) is 86.1 Å². The molecule has 1 amide bonds. The number of anilines is 1. The van der Waals surface area contributed by atoms with E-state index in [1.54, 1.807) is 45.2 Å². The molecule has 4 atom stereocenters. The van der Waals surface area contributed by atoms with Crippen LogP contribution < -0.4 is 14.9 Å². The van der Waals surface area contributed by atoms with Gasteiger partial charge in [0.15, 0.2) is 0 Å². The molecule has 1 saturated heterocycles. The van der Waals surface area contributed by atoms with Gasteiger partial charge in [-0.05, 0) is 116 Å². The van der Waals surface area contributed by atoms with Crippen molar-refractivity contribution in [1.82, 2.24) is 14.9 Å². The minimum Gasteiger partial charge on any atom is -0.464 e. The Bertz CT molecular complexity index is 2770. The third kappa shape index (κ3) is 15.3. The first-order chi connectivity index (χ1) is 34.1. The molecule has 0 radical (unpaired) electrons. The molecule has 3 unspecified atom stereocenters. The number of ether oxygens (including phenoxy) is 1. The lowest BCUT2D eigenvalue weighted by atomic mass is 9.84. The fraction of sp³-hybridized carbons (Fsp3) is 0.404. The number of nitrogens with one attached hydrogen (secondary N) is 2. The number of benzene rings is 4. The topological polar surface area (TPSA) is 179 Å². The van der Waals surface area contributed by atoms with Crippen molar-refractivity contribution in [1.29, 1.82) is 0 Å². The van der Waals surface area contributed by atoms with Gasteiger partial charge < -0.3 is 25.0 Å². The van der Waals surface area contributed by atoms with Crippen molar-refractivity contribution in [3.05, 3.63) is 142 Å². The summed E-state index contributed by atoms with van der Waals surface area (Å²) < 4.78 is 104. The number of Topliss-reactive ketones (excluding diaryl/α,β-unsaturated/α-hetero) is 1. The largest absolute Gasteiger partial charge is 0.498 e. The normalized spacial score (nSPS) is 17.6. The van der Waals surface area contributed by atoms with E-state index in [1.807, 2.05) is 76.4 Å². The highest BCUT2D eigenvalue weighted by Crippen LogP contribution is 2.38. The molecule has 1 aliphatic heterocycles. The number of rotatable bonds is 23. The summed E-state index contributed by atoms with van der Waals surface area (Å²) in [5.41, 5.74) is -2.39. The van der Waals surface area contributed by atoms with E-state index >= 15 is 0 Å². The van der Waals surface area contributed by atoms with E-state index in [0.29, 0.717) is 56.5 Å². The number of halogens is 4. The summed E-state index contributed by atoms with van der Waals surface area (Å²) >= 11 is 7.49. The van der Waals surface area contributed by atoms with Crippen molar-refractivity contribution in [2.45, 2.75) is 79.8 Å². The van der Waals surface area contributed by atoms with Crippen molar-refractivity contribution in [3.63, 3.8) is 0 Å². The van der Waals surface area contributed by atoms with Gasteiger partial charge in [0, 0.05) is 71.0 Å². The van der Waals surface area contributed by atoms with Gasteiger partial charge >= 0.3 is 11.5 Å². The van der Waals surface area contributed by atoms with Crippen LogP contribution in [0.25, 0.3) is 11.1 Å². The van der Waals surface area contributed by atoms with Gasteiger partial charge in [-0.15, -0.1) is 11.8 Å². The Hall–Kier alpha value is -5.02. The van der Waals surface area contributed by atoms with E-state index < -0.39 is 65.6 Å². The van der Waals surface area contributed by atoms with Gasteiger partial charge in [-0.3, -0.25) is 14.4 Å². The summed E-state index contributed by atoms with van der Waals surface area (Å²) in [6.45, 7) is 5.35. The zero-order valence-corrected chi connectivity index (χ0v) is 43.3. The van der Waals surface area contributed by atoms with Crippen molar-refractivity contribution in [2.75, 3.05) is 50.5 Å². The van der Waals surface area contributed by atoms with Gasteiger partial charge in [0.25, 0.3) is 25.8 Å². The number of likely N-dealkylation sites (N-methyl/N-ethyl adjacent to an activating group) is 1. The predicted octanol–water partition coefficient (Wildman–Crippen LogP) is 8.76. The molecule has 0 bridgehead atoms. The highest BCUT2D eigenvalue weighted by molar-refractivity contribution is 7.99. The molecule has 13 nitrogen and oxygen atoms in total. The second-order valence-electron chi connectivity index (χ2n) is 18.2. The van der Waals surface area contributed by atoms with E-state index in [-0.39, 0.29) is 48.4 Å². The first-order valence-electron chi connectivity index (χ1n) is 23.6. The molecule has 2 aliphatic rings. The number of carbonyl (C=O) groups excluding carboxylic acids is 3. The Morgan fingerprint density at radius 3 is 2.19 bits per heavy atom. The number of carbonyl (C=O) groups is 3. The lowest BCUT2D eigenvalue weighted by Crippen LogP contribution is -2.52. The van der Waals surface area contributed by atoms with Crippen LogP contribution >= 0.6 is 23.4 Å². The lowest BCUT2D eigenvalue weighted by Gasteiger charge is -2.36. The highest BCUT2D eigenvalue weighted by Gasteiger charge is 2.53. The zero-order valence-electron chi connectivity index (χ0n) is 40.1. The van der Waals surface area contributed by atoms with E-state index in [0.717, 1.165) is 39.4 Å². The number of piperidine rings is 1. The number of hydrogen-bond acceptors (Lipinski definition) is 13. The van der Waals surface area contributed by atoms with Crippen LogP contribution in [0.15, 0.2) is 131 Å². The molecule has 388 valence electrons. The molecule has 1 fully saturated rings. The number of ketones is 1. The molecule has 0 aromatic heterocycles. The number of aliphatic hydroxyl groups excluding tert-OH is 1. The second kappa shape index (κ2) is 25.3. The van der Waals surface area contributed by atoms with Crippen LogP contribution in [0.1, 0.15) is 68.0 Å². The van der Waals surface area contributed by atoms with Crippen molar-refractivity contribution in [3.8, 4) is 11.1 Å². The summed E-state index contributed by atoms with van der Waals surface area (Å²) in [6.07, 6.45) is 3.47. The van der Waals surface area contributed by atoms with Crippen LogP contribution in [0.5, 0.6) is 0 Å². The predicted molar refractivity (Wildman–Crippen MR) is 276 cm³/mol. The molecule has 4 aromatic rings. The highest BCUT2D eigenvalue weighted by atomic mass is 35.5.